The molecule has 0 spiro atoms. The minimum atomic E-state index is -0.823. The van der Waals surface area contributed by atoms with Gasteiger partial charge in [-0.2, -0.15) is 0 Å². The normalized spacial score (nSPS) is 21.3. The second kappa shape index (κ2) is 8.40. The van der Waals surface area contributed by atoms with Crippen molar-refractivity contribution in [3.63, 3.8) is 0 Å². The van der Waals surface area contributed by atoms with Crippen LogP contribution in [-0.4, -0.2) is 47.9 Å². The fourth-order valence-corrected chi connectivity index (χ4v) is 4.13. The van der Waals surface area contributed by atoms with Crippen LogP contribution in [0.25, 0.3) is 0 Å². The number of carbonyl (C=O) groups is 3. The number of ether oxygens (including phenoxy) is 1. The molecular formula is C24H26N2O4. The van der Waals surface area contributed by atoms with Gasteiger partial charge in [-0.1, -0.05) is 35.4 Å². The minimum absolute atomic E-state index is 0.0169. The molecule has 0 aliphatic carbocycles. The summed E-state index contributed by atoms with van der Waals surface area (Å²) in [5.41, 5.74) is 3.07. The first-order valence-electron chi connectivity index (χ1n) is 10.4. The van der Waals surface area contributed by atoms with E-state index in [4.69, 9.17) is 4.74 Å². The highest BCUT2D eigenvalue weighted by atomic mass is 16.5. The molecule has 0 bridgehead atoms. The average Bonchev–Trinajstić information content (AvgIpc) is 3.34. The summed E-state index contributed by atoms with van der Waals surface area (Å²) >= 11 is 0. The van der Waals surface area contributed by atoms with Crippen LogP contribution < -0.4 is 4.90 Å². The number of hydrogen-bond acceptors (Lipinski definition) is 4. The largest absolute Gasteiger partial charge is 0.376 e. The first-order chi connectivity index (χ1) is 14.4. The molecule has 4 rings (SSSR count). The smallest absolute Gasteiger partial charge is 0.257 e. The van der Waals surface area contributed by atoms with Gasteiger partial charge in [-0.05, 0) is 51.0 Å². The Morgan fingerprint density at radius 3 is 2.53 bits per heavy atom. The van der Waals surface area contributed by atoms with Crippen LogP contribution in [-0.2, 0) is 14.3 Å². The predicted molar refractivity (Wildman–Crippen MR) is 113 cm³/mol. The van der Waals surface area contributed by atoms with Gasteiger partial charge in [-0.15, -0.1) is 0 Å². The lowest BCUT2D eigenvalue weighted by Gasteiger charge is -2.30. The standard InChI is InChI=1S/C24H26N2O4/c1-16-8-10-19(11-9-16)26-22(27)14-21(24(26)29)25(15-20-7-4-12-30-20)23(28)18-6-3-5-17(2)13-18/h3,5-6,8-11,13,20-21H,4,7,12,14-15H2,1-2H3. The van der Waals surface area contributed by atoms with Crippen molar-refractivity contribution in [2.45, 2.75) is 45.3 Å². The third-order valence-electron chi connectivity index (χ3n) is 5.74. The zero-order valence-corrected chi connectivity index (χ0v) is 17.3. The molecule has 2 heterocycles. The van der Waals surface area contributed by atoms with Crippen molar-refractivity contribution in [1.29, 1.82) is 0 Å². The second-order valence-corrected chi connectivity index (χ2v) is 8.08. The average molecular weight is 406 g/mol. The van der Waals surface area contributed by atoms with E-state index >= 15 is 0 Å². The summed E-state index contributed by atoms with van der Waals surface area (Å²) in [6.45, 7) is 4.83. The van der Waals surface area contributed by atoms with Crippen molar-refractivity contribution >= 4 is 23.4 Å². The zero-order valence-electron chi connectivity index (χ0n) is 17.3. The quantitative estimate of drug-likeness (QED) is 0.715. The number of carbonyl (C=O) groups excluding carboxylic acids is 3. The fourth-order valence-electron chi connectivity index (χ4n) is 4.13. The van der Waals surface area contributed by atoms with E-state index in [1.54, 1.807) is 23.1 Å². The SMILES string of the molecule is Cc1ccc(N2C(=O)CC(N(CC3CCCO3)C(=O)c3cccc(C)c3)C2=O)cc1. The lowest BCUT2D eigenvalue weighted by molar-refractivity contribution is -0.122. The maximum atomic E-state index is 13.4. The van der Waals surface area contributed by atoms with Gasteiger partial charge in [-0.3, -0.25) is 14.4 Å². The monoisotopic (exact) mass is 406 g/mol. The van der Waals surface area contributed by atoms with Gasteiger partial charge < -0.3 is 9.64 Å². The van der Waals surface area contributed by atoms with Crippen LogP contribution in [0.3, 0.4) is 0 Å². The van der Waals surface area contributed by atoms with Gasteiger partial charge in [0.05, 0.1) is 18.2 Å². The summed E-state index contributed by atoms with van der Waals surface area (Å²) in [6.07, 6.45) is 1.64. The first kappa shape index (κ1) is 20.3. The molecule has 2 aromatic carbocycles. The Balaban J connectivity index is 1.64. The highest BCUT2D eigenvalue weighted by Gasteiger charge is 2.45. The van der Waals surface area contributed by atoms with Crippen LogP contribution >= 0.6 is 0 Å². The summed E-state index contributed by atoms with van der Waals surface area (Å²) in [5.74, 6) is -0.891. The summed E-state index contributed by atoms with van der Waals surface area (Å²) in [4.78, 5) is 42.2. The molecule has 6 nitrogen and oxygen atoms in total. The van der Waals surface area contributed by atoms with Crippen LogP contribution in [0.4, 0.5) is 5.69 Å². The van der Waals surface area contributed by atoms with Crippen LogP contribution in [0.2, 0.25) is 0 Å². The van der Waals surface area contributed by atoms with Gasteiger partial charge in [0.1, 0.15) is 6.04 Å². The number of aryl methyl sites for hydroxylation is 2. The van der Waals surface area contributed by atoms with E-state index in [0.29, 0.717) is 24.4 Å². The van der Waals surface area contributed by atoms with E-state index in [9.17, 15) is 14.4 Å². The van der Waals surface area contributed by atoms with E-state index in [2.05, 4.69) is 0 Å². The van der Waals surface area contributed by atoms with Crippen LogP contribution in [0, 0.1) is 13.8 Å². The van der Waals surface area contributed by atoms with Crippen molar-refractivity contribution in [1.82, 2.24) is 4.90 Å². The number of amides is 3. The molecule has 156 valence electrons. The fraction of sp³-hybridized carbons (Fsp3) is 0.375. The van der Waals surface area contributed by atoms with Crippen molar-refractivity contribution in [3.8, 4) is 0 Å². The Bertz CT molecular complexity index is 963. The van der Waals surface area contributed by atoms with Crippen molar-refractivity contribution in [2.24, 2.45) is 0 Å². The van der Waals surface area contributed by atoms with E-state index in [-0.39, 0.29) is 30.2 Å². The van der Waals surface area contributed by atoms with E-state index in [1.807, 2.05) is 44.2 Å². The maximum absolute atomic E-state index is 13.4. The number of anilines is 1. The maximum Gasteiger partial charge on any atom is 0.257 e. The van der Waals surface area contributed by atoms with Crippen LogP contribution in [0.5, 0.6) is 0 Å². The van der Waals surface area contributed by atoms with E-state index < -0.39 is 6.04 Å². The molecule has 0 N–H and O–H groups in total. The van der Waals surface area contributed by atoms with Gasteiger partial charge in [0, 0.05) is 18.7 Å². The van der Waals surface area contributed by atoms with Crippen molar-refractivity contribution < 1.29 is 19.1 Å². The Hall–Kier alpha value is -2.99. The van der Waals surface area contributed by atoms with E-state index in [0.717, 1.165) is 24.0 Å². The Morgan fingerprint density at radius 1 is 1.10 bits per heavy atom. The molecule has 2 saturated heterocycles. The van der Waals surface area contributed by atoms with E-state index in [1.165, 1.54) is 4.90 Å². The Kier molecular flexibility index (Phi) is 5.68. The zero-order chi connectivity index (χ0) is 21.3. The first-order valence-corrected chi connectivity index (χ1v) is 10.4. The molecular weight excluding hydrogens is 380 g/mol. The van der Waals surface area contributed by atoms with Gasteiger partial charge in [0.15, 0.2) is 0 Å². The molecule has 2 aliphatic rings. The number of rotatable bonds is 5. The van der Waals surface area contributed by atoms with Crippen molar-refractivity contribution in [3.05, 3.63) is 65.2 Å². The van der Waals surface area contributed by atoms with Crippen LogP contribution in [0.1, 0.15) is 40.7 Å². The molecule has 0 radical (unpaired) electrons. The number of imide groups is 1. The third kappa shape index (κ3) is 4.00. The molecule has 2 unspecified atom stereocenters. The second-order valence-electron chi connectivity index (χ2n) is 8.08. The third-order valence-corrected chi connectivity index (χ3v) is 5.74. The summed E-state index contributed by atoms with van der Waals surface area (Å²) in [5, 5.41) is 0. The van der Waals surface area contributed by atoms with Gasteiger partial charge in [0.25, 0.3) is 11.8 Å². The molecule has 0 aromatic heterocycles. The molecule has 2 atom stereocenters. The molecule has 2 aliphatic heterocycles. The summed E-state index contributed by atoms with van der Waals surface area (Å²) in [6, 6.07) is 13.7. The number of hydrogen-bond donors (Lipinski definition) is 0. The van der Waals surface area contributed by atoms with Gasteiger partial charge >= 0.3 is 0 Å². The molecule has 30 heavy (non-hydrogen) atoms. The topological polar surface area (TPSA) is 66.9 Å². The molecule has 3 amide bonds. The molecule has 6 heteroatoms. The lowest BCUT2D eigenvalue weighted by Crippen LogP contribution is -2.48. The summed E-state index contributed by atoms with van der Waals surface area (Å²) in [7, 11) is 0. The highest BCUT2D eigenvalue weighted by molar-refractivity contribution is 6.23. The van der Waals surface area contributed by atoms with Gasteiger partial charge in [0.2, 0.25) is 5.91 Å². The highest BCUT2D eigenvalue weighted by Crippen LogP contribution is 2.28. The summed E-state index contributed by atoms with van der Waals surface area (Å²) < 4.78 is 5.74. The predicted octanol–water partition coefficient (Wildman–Crippen LogP) is 3.26. The van der Waals surface area contributed by atoms with Crippen molar-refractivity contribution in [2.75, 3.05) is 18.1 Å². The molecule has 2 aromatic rings. The number of benzene rings is 2. The Morgan fingerprint density at radius 2 is 1.87 bits per heavy atom. The molecule has 2 fully saturated rings. The minimum Gasteiger partial charge on any atom is -0.376 e. The number of nitrogens with zero attached hydrogens (tertiary/aromatic N) is 2. The molecule has 0 saturated carbocycles. The lowest BCUT2D eigenvalue weighted by atomic mass is 10.1. The Labute approximate surface area is 176 Å². The van der Waals surface area contributed by atoms with Crippen LogP contribution in [0.15, 0.2) is 48.5 Å². The van der Waals surface area contributed by atoms with Gasteiger partial charge in [-0.25, -0.2) is 4.90 Å².